The van der Waals surface area contributed by atoms with Crippen molar-refractivity contribution in [2.75, 3.05) is 39.8 Å². The molecule has 20 heteroatoms. The van der Waals surface area contributed by atoms with Crippen molar-refractivity contribution < 1.29 is 53.4 Å². The lowest BCUT2D eigenvalue weighted by Crippen LogP contribution is -2.61. The predicted molar refractivity (Wildman–Crippen MR) is 194 cm³/mol. The molecule has 3 saturated heterocycles. The van der Waals surface area contributed by atoms with E-state index in [9.17, 15) is 53.4 Å². The summed E-state index contributed by atoms with van der Waals surface area (Å²) in [5, 5.41) is 35.1. The van der Waals surface area contributed by atoms with Gasteiger partial charge in [-0.25, -0.2) is 0 Å². The summed E-state index contributed by atoms with van der Waals surface area (Å²) in [7, 11) is 1.62. The van der Waals surface area contributed by atoms with Crippen LogP contribution in [0, 0.1) is 0 Å². The summed E-state index contributed by atoms with van der Waals surface area (Å²) >= 11 is 0. The number of nitrogens with one attached hydrogen (secondary N) is 6. The van der Waals surface area contributed by atoms with Crippen LogP contribution in [-0.4, -0.2) is 172 Å². The molecule has 55 heavy (non-hydrogen) atoms. The van der Waals surface area contributed by atoms with Gasteiger partial charge in [0, 0.05) is 19.6 Å². The van der Waals surface area contributed by atoms with Crippen LogP contribution in [0.15, 0.2) is 0 Å². The zero-order valence-corrected chi connectivity index (χ0v) is 32.4. The molecule has 8 N–H and O–H groups in total. The van der Waals surface area contributed by atoms with Crippen LogP contribution in [0.5, 0.6) is 0 Å². The lowest BCUT2D eigenvalue weighted by atomic mass is 10.1. The molecular weight excluding hydrogens is 722 g/mol. The Bertz CT molecular complexity index is 1480. The molecule has 0 aromatic heterocycles. The van der Waals surface area contributed by atoms with Gasteiger partial charge in [-0.05, 0) is 80.2 Å². The van der Waals surface area contributed by atoms with Crippen molar-refractivity contribution in [3.63, 3.8) is 0 Å². The van der Waals surface area contributed by atoms with Crippen molar-refractivity contribution in [2.45, 2.75) is 128 Å². The number of likely N-dealkylation sites (N-methyl/N-ethyl adjacent to an activating group) is 1. The molecular formula is C35H57N9O11. The molecule has 0 bridgehead atoms. The first-order valence-corrected chi connectivity index (χ1v) is 18.8. The molecule has 0 aliphatic carbocycles. The highest BCUT2D eigenvalue weighted by Crippen LogP contribution is 2.26. The van der Waals surface area contributed by atoms with Gasteiger partial charge in [0.15, 0.2) is 5.78 Å². The van der Waals surface area contributed by atoms with Crippen molar-refractivity contribution in [1.29, 1.82) is 0 Å². The van der Waals surface area contributed by atoms with Crippen molar-refractivity contribution in [2.24, 2.45) is 0 Å². The summed E-state index contributed by atoms with van der Waals surface area (Å²) in [5.41, 5.74) is 0. The van der Waals surface area contributed by atoms with Gasteiger partial charge in [0.05, 0.1) is 31.3 Å². The Labute approximate surface area is 320 Å². The number of nitrogens with zero attached hydrogens (tertiary/aromatic N) is 3. The Morgan fingerprint density at radius 3 is 1.73 bits per heavy atom. The highest BCUT2D eigenvalue weighted by Gasteiger charge is 2.44. The smallest absolute Gasteiger partial charge is 0.246 e. The number of carbonyl (C=O) groups excluding carboxylic acids is 9. The molecule has 3 aliphatic heterocycles. The molecule has 0 saturated carbocycles. The van der Waals surface area contributed by atoms with Gasteiger partial charge in [-0.1, -0.05) is 0 Å². The van der Waals surface area contributed by atoms with Crippen molar-refractivity contribution in [3.8, 4) is 0 Å². The first kappa shape index (κ1) is 44.7. The molecule has 308 valence electrons. The fourth-order valence-electron chi connectivity index (χ4n) is 6.87. The molecule has 0 aromatic carbocycles. The highest BCUT2D eigenvalue weighted by molar-refractivity contribution is 5.98. The number of amides is 8. The number of rotatable bonds is 17. The lowest BCUT2D eigenvalue weighted by molar-refractivity contribution is -0.148. The summed E-state index contributed by atoms with van der Waals surface area (Å²) in [4.78, 5) is 120. The van der Waals surface area contributed by atoms with Gasteiger partial charge in [-0.15, -0.1) is 0 Å². The van der Waals surface area contributed by atoms with Gasteiger partial charge in [-0.2, -0.15) is 0 Å². The van der Waals surface area contributed by atoms with Gasteiger partial charge in [0.25, 0.3) is 0 Å². The van der Waals surface area contributed by atoms with Gasteiger partial charge in [0.2, 0.25) is 47.3 Å². The number of ketones is 1. The molecule has 20 nitrogen and oxygen atoms in total. The van der Waals surface area contributed by atoms with E-state index >= 15 is 0 Å². The quantitative estimate of drug-likeness (QED) is 0.0696. The second kappa shape index (κ2) is 20.3. The van der Waals surface area contributed by atoms with E-state index in [2.05, 4.69) is 31.9 Å². The van der Waals surface area contributed by atoms with Gasteiger partial charge in [-0.3, -0.25) is 43.2 Å². The summed E-state index contributed by atoms with van der Waals surface area (Å²) in [6.07, 6.45) is 1.31. The van der Waals surface area contributed by atoms with Crippen molar-refractivity contribution in [3.05, 3.63) is 0 Å². The summed E-state index contributed by atoms with van der Waals surface area (Å²) in [6.45, 7) is 6.58. The third-order valence-corrected chi connectivity index (χ3v) is 10.3. The number of aliphatic hydroxyl groups is 2. The van der Waals surface area contributed by atoms with Crippen molar-refractivity contribution >= 4 is 53.0 Å². The van der Waals surface area contributed by atoms with Crippen LogP contribution in [0.1, 0.15) is 73.1 Å². The second-order valence-corrected chi connectivity index (χ2v) is 14.4. The Morgan fingerprint density at radius 1 is 0.655 bits per heavy atom. The van der Waals surface area contributed by atoms with Gasteiger partial charge in [0.1, 0.15) is 36.3 Å². The Morgan fingerprint density at radius 2 is 1.18 bits per heavy atom. The maximum Gasteiger partial charge on any atom is 0.246 e. The van der Waals surface area contributed by atoms with E-state index in [0.717, 1.165) is 0 Å². The molecule has 8 amide bonds. The SMILES string of the molecule is CN[C@@H](C)C(=O)N1CCC[C@H]1C(=O)NCC(=O)N[C@@H](CO)C(=O)N[C@H](C(=O)N[C@@H](C)C(=O)N1CCC[C@H]1C(=O)N1CCC[C@H]1C(=O)N[C@@H](C)C(C)=O)C(C)O. The Hall–Kier alpha value is -4.69. The van der Waals surface area contributed by atoms with Crippen molar-refractivity contribution in [1.82, 2.24) is 46.6 Å². The van der Waals surface area contributed by atoms with Gasteiger partial charge >= 0.3 is 0 Å². The molecule has 3 rings (SSSR count). The monoisotopic (exact) mass is 779 g/mol. The molecule has 0 aromatic rings. The standard InChI is InChI=1S/C35H57N9O11/c1-18(21(4)46)38-31(51)25-11-8-14-43(25)35(55)26-12-9-15-44(26)34(54)20(3)39-32(52)28(22(5)47)41-29(49)23(17-45)40-27(48)16-37-30(50)24-10-7-13-42(24)33(53)19(2)36-6/h18-20,22-26,28,36,45,47H,7-17H2,1-6H3,(H,37,50)(H,38,51)(H,39,52)(H,40,48)(H,41,49)/t18-,19-,20-,22?,23-,24-,25-,26-,28-/m0/s1. The molecule has 3 fully saturated rings. The lowest BCUT2D eigenvalue weighted by Gasteiger charge is -2.33. The first-order chi connectivity index (χ1) is 25.9. The maximum atomic E-state index is 13.7. The third kappa shape index (κ3) is 11.4. The van der Waals surface area contributed by atoms with Crippen LogP contribution < -0.4 is 31.9 Å². The van der Waals surface area contributed by atoms with E-state index in [1.54, 1.807) is 20.9 Å². The predicted octanol–water partition coefficient (Wildman–Crippen LogP) is -4.38. The minimum Gasteiger partial charge on any atom is -0.394 e. The Kier molecular flexibility index (Phi) is 16.5. The first-order valence-electron chi connectivity index (χ1n) is 18.8. The molecule has 1 unspecified atom stereocenters. The highest BCUT2D eigenvalue weighted by atomic mass is 16.3. The number of hydrogen-bond acceptors (Lipinski definition) is 12. The van der Waals surface area contributed by atoms with E-state index in [0.29, 0.717) is 51.6 Å². The molecule has 9 atom stereocenters. The van der Waals surface area contributed by atoms with E-state index in [4.69, 9.17) is 0 Å². The molecule has 0 radical (unpaired) electrons. The van der Waals surface area contributed by atoms with Gasteiger partial charge < -0.3 is 56.8 Å². The van der Waals surface area contributed by atoms with Crippen LogP contribution in [-0.2, 0) is 43.2 Å². The van der Waals surface area contributed by atoms with Crippen LogP contribution in [0.25, 0.3) is 0 Å². The third-order valence-electron chi connectivity index (χ3n) is 10.3. The fraction of sp³-hybridized carbons (Fsp3) is 0.743. The average molecular weight is 780 g/mol. The minimum atomic E-state index is -1.63. The van der Waals surface area contributed by atoms with Crippen LogP contribution >= 0.6 is 0 Å². The summed E-state index contributed by atoms with van der Waals surface area (Å²) in [5.74, 6) is -5.37. The summed E-state index contributed by atoms with van der Waals surface area (Å²) < 4.78 is 0. The fourth-order valence-corrected chi connectivity index (χ4v) is 6.87. The minimum absolute atomic E-state index is 0.211. The number of aliphatic hydroxyl groups excluding tert-OH is 2. The molecule has 0 spiro atoms. The maximum absolute atomic E-state index is 13.7. The van der Waals surface area contributed by atoms with E-state index in [1.165, 1.54) is 35.5 Å². The largest absolute Gasteiger partial charge is 0.394 e. The number of carbonyl (C=O) groups is 9. The van der Waals surface area contributed by atoms with Crippen LogP contribution in [0.3, 0.4) is 0 Å². The van der Waals surface area contributed by atoms with E-state index in [1.807, 2.05) is 0 Å². The number of hydrogen-bond donors (Lipinski definition) is 8. The zero-order valence-electron chi connectivity index (χ0n) is 32.4. The number of likely N-dealkylation sites (tertiary alicyclic amines) is 3. The number of Topliss-reactive ketones (excluding diaryl/α,β-unsaturated/α-hetero) is 1. The van der Waals surface area contributed by atoms with Crippen LogP contribution in [0.2, 0.25) is 0 Å². The summed E-state index contributed by atoms with van der Waals surface area (Å²) in [6, 6.07) is -8.11. The Balaban J connectivity index is 1.56. The molecule has 3 heterocycles. The topological polar surface area (TPSA) is 276 Å². The average Bonchev–Trinajstić information content (AvgIpc) is 3.95. The second-order valence-electron chi connectivity index (χ2n) is 14.4. The van der Waals surface area contributed by atoms with Crippen LogP contribution in [0.4, 0.5) is 0 Å². The zero-order chi connectivity index (χ0) is 41.1. The van der Waals surface area contributed by atoms with E-state index < -0.39 is 109 Å². The normalized spacial score (nSPS) is 22.8. The molecule has 3 aliphatic rings. The van der Waals surface area contributed by atoms with E-state index in [-0.39, 0.29) is 18.2 Å².